The molecule has 21 heavy (non-hydrogen) atoms. The van der Waals surface area contributed by atoms with Crippen LogP contribution in [-0.2, 0) is 0 Å². The van der Waals surface area contributed by atoms with Gasteiger partial charge in [0.25, 0.3) is 0 Å². The molecule has 0 unspecified atom stereocenters. The highest BCUT2D eigenvalue weighted by molar-refractivity contribution is 9.10. The van der Waals surface area contributed by atoms with Crippen molar-refractivity contribution in [1.82, 2.24) is 4.98 Å². The lowest BCUT2D eigenvalue weighted by molar-refractivity contribution is 0.0696. The van der Waals surface area contributed by atoms with Crippen LogP contribution in [0.5, 0.6) is 11.6 Å². The van der Waals surface area contributed by atoms with E-state index in [2.05, 4.69) is 20.9 Å². The summed E-state index contributed by atoms with van der Waals surface area (Å²) in [5.74, 6) is -1.57. The number of hydrogen-bond donors (Lipinski definition) is 1. The number of hydrogen-bond acceptors (Lipinski definition) is 3. The number of benzene rings is 1. The molecule has 1 aromatic carbocycles. The molecule has 0 amide bonds. The third-order valence-corrected chi connectivity index (χ3v) is 3.26. The maximum atomic E-state index is 13.7. The zero-order valence-corrected chi connectivity index (χ0v) is 13.0. The summed E-state index contributed by atoms with van der Waals surface area (Å²) < 4.78 is 19.7. The van der Waals surface area contributed by atoms with Gasteiger partial charge in [-0.2, -0.15) is 0 Å². The molecule has 6 heteroatoms. The predicted molar refractivity (Wildman–Crippen MR) is 79.5 cm³/mol. The maximum absolute atomic E-state index is 13.7. The van der Waals surface area contributed by atoms with E-state index < -0.39 is 11.8 Å². The predicted octanol–water partition coefficient (Wildman–Crippen LogP) is 4.60. The van der Waals surface area contributed by atoms with Crippen molar-refractivity contribution >= 4 is 21.9 Å². The average Bonchev–Trinajstić information content (AvgIpc) is 2.42. The Bertz CT molecular complexity index is 689. The number of ether oxygens (including phenoxy) is 1. The molecule has 1 heterocycles. The van der Waals surface area contributed by atoms with Crippen molar-refractivity contribution in [2.45, 2.75) is 19.8 Å². The third kappa shape index (κ3) is 3.78. The molecule has 0 saturated heterocycles. The fourth-order valence-electron chi connectivity index (χ4n) is 1.67. The van der Waals surface area contributed by atoms with Crippen LogP contribution in [0.15, 0.2) is 34.8 Å². The van der Waals surface area contributed by atoms with Crippen molar-refractivity contribution in [3.8, 4) is 11.6 Å². The van der Waals surface area contributed by atoms with Crippen molar-refractivity contribution in [2.24, 2.45) is 0 Å². The van der Waals surface area contributed by atoms with Gasteiger partial charge in [-0.25, -0.2) is 14.2 Å². The zero-order chi connectivity index (χ0) is 15.6. The summed E-state index contributed by atoms with van der Waals surface area (Å²) in [7, 11) is 0. The fraction of sp³-hybridized carbons (Fsp3) is 0.200. The highest BCUT2D eigenvalue weighted by atomic mass is 79.9. The summed E-state index contributed by atoms with van der Waals surface area (Å²) in [6, 6.07) is 7.01. The van der Waals surface area contributed by atoms with E-state index in [-0.39, 0.29) is 23.1 Å². The van der Waals surface area contributed by atoms with E-state index in [1.165, 1.54) is 24.3 Å². The van der Waals surface area contributed by atoms with Crippen molar-refractivity contribution in [3.63, 3.8) is 0 Å². The number of halogens is 2. The molecule has 0 aliphatic rings. The van der Waals surface area contributed by atoms with Crippen LogP contribution in [0.25, 0.3) is 0 Å². The number of carboxylic acids is 1. The van der Waals surface area contributed by atoms with Crippen LogP contribution in [0.4, 0.5) is 4.39 Å². The summed E-state index contributed by atoms with van der Waals surface area (Å²) in [6.07, 6.45) is 0. The average molecular weight is 354 g/mol. The van der Waals surface area contributed by atoms with Crippen molar-refractivity contribution < 1.29 is 19.0 Å². The first kappa shape index (κ1) is 15.4. The van der Waals surface area contributed by atoms with E-state index >= 15 is 0 Å². The summed E-state index contributed by atoms with van der Waals surface area (Å²) in [5.41, 5.74) is 0.624. The molecule has 0 bridgehead atoms. The number of aromatic nitrogens is 1. The van der Waals surface area contributed by atoms with Gasteiger partial charge in [-0.3, -0.25) is 0 Å². The standard InChI is InChI=1S/C15H13BrFNO3/c1-8(2)12-5-9(15(19)20)6-14(18-12)21-13-7-10(16)3-4-11(13)17/h3-8H,1-2H3,(H,19,20). The van der Waals surface area contributed by atoms with Gasteiger partial charge in [0, 0.05) is 16.2 Å². The van der Waals surface area contributed by atoms with Crippen LogP contribution >= 0.6 is 15.9 Å². The second-order valence-corrected chi connectivity index (χ2v) is 5.67. The van der Waals surface area contributed by atoms with E-state index in [0.717, 1.165) is 0 Å². The Morgan fingerprint density at radius 1 is 1.33 bits per heavy atom. The van der Waals surface area contributed by atoms with Crippen molar-refractivity contribution in [2.75, 3.05) is 0 Å². The number of aromatic carboxylic acids is 1. The van der Waals surface area contributed by atoms with Gasteiger partial charge in [-0.05, 0) is 30.2 Å². The highest BCUT2D eigenvalue weighted by Gasteiger charge is 2.13. The van der Waals surface area contributed by atoms with Gasteiger partial charge in [0.15, 0.2) is 11.6 Å². The number of pyridine rings is 1. The molecular formula is C15H13BrFNO3. The zero-order valence-electron chi connectivity index (χ0n) is 11.4. The SMILES string of the molecule is CC(C)c1cc(C(=O)O)cc(Oc2cc(Br)ccc2F)n1. The smallest absolute Gasteiger partial charge is 0.335 e. The van der Waals surface area contributed by atoms with Gasteiger partial charge in [0.05, 0.1) is 5.56 Å². The van der Waals surface area contributed by atoms with E-state index in [1.54, 1.807) is 6.07 Å². The molecule has 0 spiro atoms. The molecule has 0 saturated carbocycles. The first-order valence-corrected chi connectivity index (χ1v) is 7.04. The lowest BCUT2D eigenvalue weighted by Gasteiger charge is -2.11. The molecule has 1 N–H and O–H groups in total. The molecule has 0 fully saturated rings. The second-order valence-electron chi connectivity index (χ2n) is 4.76. The molecule has 0 radical (unpaired) electrons. The minimum atomic E-state index is -1.08. The Morgan fingerprint density at radius 3 is 2.67 bits per heavy atom. The van der Waals surface area contributed by atoms with Gasteiger partial charge in [-0.15, -0.1) is 0 Å². The Hall–Kier alpha value is -1.95. The summed E-state index contributed by atoms with van der Waals surface area (Å²) >= 11 is 3.22. The molecule has 0 atom stereocenters. The van der Waals surface area contributed by atoms with Crippen LogP contribution in [-0.4, -0.2) is 16.1 Å². The summed E-state index contributed by atoms with van der Waals surface area (Å²) in [5, 5.41) is 9.12. The van der Waals surface area contributed by atoms with Crippen molar-refractivity contribution in [3.05, 3.63) is 51.9 Å². The Morgan fingerprint density at radius 2 is 2.05 bits per heavy atom. The monoisotopic (exact) mass is 353 g/mol. The normalized spacial score (nSPS) is 10.7. The van der Waals surface area contributed by atoms with Crippen LogP contribution in [0.1, 0.15) is 35.8 Å². The van der Waals surface area contributed by atoms with Crippen LogP contribution in [0, 0.1) is 5.82 Å². The van der Waals surface area contributed by atoms with E-state index in [1.807, 2.05) is 13.8 Å². The topological polar surface area (TPSA) is 59.4 Å². The molecular weight excluding hydrogens is 341 g/mol. The maximum Gasteiger partial charge on any atom is 0.335 e. The van der Waals surface area contributed by atoms with Gasteiger partial charge < -0.3 is 9.84 Å². The molecule has 2 aromatic rings. The number of carboxylic acid groups (broad SMARTS) is 1. The largest absolute Gasteiger partial charge is 0.478 e. The molecule has 4 nitrogen and oxygen atoms in total. The van der Waals surface area contributed by atoms with Gasteiger partial charge in [-0.1, -0.05) is 29.8 Å². The molecule has 2 rings (SSSR count). The van der Waals surface area contributed by atoms with Gasteiger partial charge in [0.1, 0.15) is 0 Å². The summed E-state index contributed by atoms with van der Waals surface area (Å²) in [4.78, 5) is 15.4. The lowest BCUT2D eigenvalue weighted by atomic mass is 10.1. The summed E-state index contributed by atoms with van der Waals surface area (Å²) in [6.45, 7) is 3.77. The van der Waals surface area contributed by atoms with Gasteiger partial charge >= 0.3 is 5.97 Å². The van der Waals surface area contributed by atoms with Crippen LogP contribution in [0.3, 0.4) is 0 Å². The van der Waals surface area contributed by atoms with E-state index in [4.69, 9.17) is 9.84 Å². The fourth-order valence-corrected chi connectivity index (χ4v) is 2.01. The first-order chi connectivity index (χ1) is 9.86. The lowest BCUT2D eigenvalue weighted by Crippen LogP contribution is -2.03. The minimum absolute atomic E-state index is 0.0193. The first-order valence-electron chi connectivity index (χ1n) is 6.25. The third-order valence-electron chi connectivity index (χ3n) is 2.77. The van der Waals surface area contributed by atoms with Gasteiger partial charge in [0.2, 0.25) is 5.88 Å². The number of rotatable bonds is 4. The van der Waals surface area contributed by atoms with Crippen LogP contribution < -0.4 is 4.74 Å². The molecule has 0 aliphatic heterocycles. The minimum Gasteiger partial charge on any atom is -0.478 e. The van der Waals surface area contributed by atoms with E-state index in [0.29, 0.717) is 10.2 Å². The highest BCUT2D eigenvalue weighted by Crippen LogP contribution is 2.28. The molecule has 1 aromatic heterocycles. The Kier molecular flexibility index (Phi) is 4.57. The molecule has 110 valence electrons. The van der Waals surface area contributed by atoms with E-state index in [9.17, 15) is 9.18 Å². The number of nitrogens with zero attached hydrogens (tertiary/aromatic N) is 1. The van der Waals surface area contributed by atoms with Crippen molar-refractivity contribution in [1.29, 1.82) is 0 Å². The molecule has 0 aliphatic carbocycles. The second kappa shape index (κ2) is 6.22. The Balaban J connectivity index is 2.43. The Labute approximate surface area is 129 Å². The quantitative estimate of drug-likeness (QED) is 0.872. The number of carbonyl (C=O) groups is 1. The van der Waals surface area contributed by atoms with Crippen LogP contribution in [0.2, 0.25) is 0 Å².